The summed E-state index contributed by atoms with van der Waals surface area (Å²) < 4.78 is 0.902. The van der Waals surface area contributed by atoms with Crippen LogP contribution < -0.4 is 4.90 Å². The third kappa shape index (κ3) is 2.49. The number of aromatic nitrogens is 2. The van der Waals surface area contributed by atoms with Crippen LogP contribution in [0.3, 0.4) is 0 Å². The van der Waals surface area contributed by atoms with E-state index in [0.29, 0.717) is 12.4 Å². The van der Waals surface area contributed by atoms with E-state index in [4.69, 9.17) is 0 Å². The molecule has 2 heterocycles. The Morgan fingerprint density at radius 1 is 1.65 bits per heavy atom. The summed E-state index contributed by atoms with van der Waals surface area (Å²) in [4.78, 5) is 22.6. The Bertz CT molecular complexity index is 436. The molecule has 0 N–H and O–H groups in total. The monoisotopic (exact) mass is 297 g/mol. The number of nitrogens with zero attached hydrogens (tertiary/aromatic N) is 3. The van der Waals surface area contributed by atoms with E-state index in [9.17, 15) is 4.79 Å². The van der Waals surface area contributed by atoms with Crippen LogP contribution in [0.25, 0.3) is 0 Å². The summed E-state index contributed by atoms with van der Waals surface area (Å²) in [5.74, 6) is 0.960. The van der Waals surface area contributed by atoms with Crippen LogP contribution in [0.2, 0.25) is 0 Å². The minimum Gasteiger partial charge on any atom is -0.331 e. The smallest absolute Gasteiger partial charge is 0.226 e. The van der Waals surface area contributed by atoms with Crippen molar-refractivity contribution in [2.45, 2.75) is 39.2 Å². The highest BCUT2D eigenvalue weighted by molar-refractivity contribution is 9.10. The molecule has 4 nitrogen and oxygen atoms in total. The van der Waals surface area contributed by atoms with Crippen molar-refractivity contribution in [3.63, 3.8) is 0 Å². The summed E-state index contributed by atoms with van der Waals surface area (Å²) in [5.41, 5.74) is 0.907. The normalized spacial score (nSPS) is 19.7. The second kappa shape index (κ2) is 5.12. The lowest BCUT2D eigenvalue weighted by atomic mass is 10.1. The molecule has 0 saturated carbocycles. The maximum Gasteiger partial charge on any atom is 0.226 e. The van der Waals surface area contributed by atoms with Crippen molar-refractivity contribution in [1.82, 2.24) is 9.97 Å². The second-order valence-corrected chi connectivity index (χ2v) is 5.13. The van der Waals surface area contributed by atoms with Gasteiger partial charge in [0.25, 0.3) is 0 Å². The number of carbonyl (C=O) groups excluding carboxylic acids is 1. The lowest BCUT2D eigenvalue weighted by Crippen LogP contribution is -2.37. The van der Waals surface area contributed by atoms with Gasteiger partial charge in [-0.15, -0.1) is 0 Å². The maximum atomic E-state index is 11.8. The number of aryl methyl sites for hydroxylation is 1. The first-order valence-corrected chi connectivity index (χ1v) is 6.71. The van der Waals surface area contributed by atoms with Crippen LogP contribution in [0.4, 0.5) is 5.95 Å². The van der Waals surface area contributed by atoms with E-state index in [2.05, 4.69) is 25.9 Å². The first kappa shape index (κ1) is 12.5. The molecule has 0 aromatic carbocycles. The minimum atomic E-state index is -0.0272. The highest BCUT2D eigenvalue weighted by Crippen LogP contribution is 2.25. The summed E-state index contributed by atoms with van der Waals surface area (Å²) in [6.07, 6.45) is 4.29. The molecule has 1 fully saturated rings. The molecule has 5 heteroatoms. The van der Waals surface area contributed by atoms with Gasteiger partial charge in [-0.05, 0) is 35.7 Å². The number of rotatable bonds is 3. The Morgan fingerprint density at radius 2 is 2.41 bits per heavy atom. The third-order valence-corrected chi connectivity index (χ3v) is 3.92. The van der Waals surface area contributed by atoms with E-state index in [1.807, 2.05) is 18.7 Å². The fourth-order valence-electron chi connectivity index (χ4n) is 2.15. The van der Waals surface area contributed by atoms with E-state index < -0.39 is 0 Å². The molecular formula is C12H16BrN3O. The molecule has 2 rings (SSSR count). The Morgan fingerprint density at radius 3 is 3.06 bits per heavy atom. The zero-order valence-electron chi connectivity index (χ0n) is 10.1. The van der Waals surface area contributed by atoms with Gasteiger partial charge in [-0.2, -0.15) is 0 Å². The van der Waals surface area contributed by atoms with Crippen molar-refractivity contribution in [2.75, 3.05) is 11.4 Å². The molecule has 1 aromatic rings. The summed E-state index contributed by atoms with van der Waals surface area (Å²) in [6.45, 7) is 4.71. The Labute approximate surface area is 110 Å². The molecule has 1 aliphatic rings. The lowest BCUT2D eigenvalue weighted by Gasteiger charge is -2.23. The highest BCUT2D eigenvalue weighted by Gasteiger charge is 2.31. The van der Waals surface area contributed by atoms with Crippen molar-refractivity contribution in [2.24, 2.45) is 0 Å². The third-order valence-electron chi connectivity index (χ3n) is 3.14. The first-order valence-electron chi connectivity index (χ1n) is 5.92. The van der Waals surface area contributed by atoms with E-state index in [1.165, 1.54) is 0 Å². The van der Waals surface area contributed by atoms with Gasteiger partial charge in [0.05, 0.1) is 16.2 Å². The number of carbonyl (C=O) groups is 1. The average Bonchev–Trinajstić information content (AvgIpc) is 2.80. The molecule has 0 aliphatic carbocycles. The van der Waals surface area contributed by atoms with Gasteiger partial charge in [0.2, 0.25) is 5.95 Å². The molecule has 1 saturated heterocycles. The van der Waals surface area contributed by atoms with Crippen molar-refractivity contribution >= 4 is 27.7 Å². The summed E-state index contributed by atoms with van der Waals surface area (Å²) in [5, 5.41) is 0. The predicted molar refractivity (Wildman–Crippen MR) is 70.1 cm³/mol. The lowest BCUT2D eigenvalue weighted by molar-refractivity contribution is -0.119. The Hall–Kier alpha value is -0.970. The molecule has 0 unspecified atom stereocenters. The van der Waals surface area contributed by atoms with Gasteiger partial charge in [0, 0.05) is 19.2 Å². The minimum absolute atomic E-state index is 0.0272. The summed E-state index contributed by atoms with van der Waals surface area (Å²) in [6, 6.07) is -0.0272. The van der Waals surface area contributed by atoms with Gasteiger partial charge in [0.1, 0.15) is 0 Å². The van der Waals surface area contributed by atoms with Crippen LogP contribution in [0.15, 0.2) is 10.7 Å². The van der Waals surface area contributed by atoms with E-state index >= 15 is 0 Å². The zero-order valence-corrected chi connectivity index (χ0v) is 11.7. The molecule has 1 atom stereocenters. The number of Topliss-reactive ketones (excluding diaryl/α,β-unsaturated/α-hetero) is 1. The van der Waals surface area contributed by atoms with Gasteiger partial charge in [-0.3, -0.25) is 4.79 Å². The fraction of sp³-hybridized carbons (Fsp3) is 0.583. The molecule has 1 aromatic heterocycles. The van der Waals surface area contributed by atoms with Crippen LogP contribution in [0.5, 0.6) is 0 Å². The molecule has 0 spiro atoms. The molecule has 0 radical (unpaired) electrons. The topological polar surface area (TPSA) is 46.1 Å². The van der Waals surface area contributed by atoms with Gasteiger partial charge in [0.15, 0.2) is 5.78 Å². The van der Waals surface area contributed by atoms with E-state index in [1.54, 1.807) is 6.20 Å². The standard InChI is InChI=1S/C12H16BrN3O/c1-3-11(17)10-5-4-6-16(10)12-14-7-9(13)8(2)15-12/h7,10H,3-6H2,1-2H3/t10-/m0/s1. The largest absolute Gasteiger partial charge is 0.331 e. The second-order valence-electron chi connectivity index (χ2n) is 4.27. The van der Waals surface area contributed by atoms with Crippen molar-refractivity contribution in [1.29, 1.82) is 0 Å². The van der Waals surface area contributed by atoms with Crippen LogP contribution in [0, 0.1) is 6.92 Å². The van der Waals surface area contributed by atoms with Crippen molar-refractivity contribution in [3.05, 3.63) is 16.4 Å². The molecule has 17 heavy (non-hydrogen) atoms. The summed E-state index contributed by atoms with van der Waals surface area (Å²) in [7, 11) is 0. The van der Waals surface area contributed by atoms with Gasteiger partial charge in [-0.25, -0.2) is 9.97 Å². The Kier molecular flexibility index (Phi) is 3.76. The van der Waals surface area contributed by atoms with Crippen LogP contribution in [-0.2, 0) is 4.79 Å². The first-order chi connectivity index (χ1) is 8.13. The summed E-state index contributed by atoms with van der Waals surface area (Å²) >= 11 is 3.39. The molecule has 92 valence electrons. The van der Waals surface area contributed by atoms with E-state index in [-0.39, 0.29) is 11.8 Å². The van der Waals surface area contributed by atoms with Crippen LogP contribution >= 0.6 is 15.9 Å². The molecule has 1 aliphatic heterocycles. The fourth-order valence-corrected chi connectivity index (χ4v) is 2.35. The molecule has 0 bridgehead atoms. The van der Waals surface area contributed by atoms with Gasteiger partial charge >= 0.3 is 0 Å². The number of hydrogen-bond donors (Lipinski definition) is 0. The van der Waals surface area contributed by atoms with E-state index in [0.717, 1.165) is 29.6 Å². The number of hydrogen-bond acceptors (Lipinski definition) is 4. The average molecular weight is 298 g/mol. The SMILES string of the molecule is CCC(=O)[C@@H]1CCCN1c1ncc(Br)c(C)n1. The number of anilines is 1. The number of ketones is 1. The van der Waals surface area contributed by atoms with Gasteiger partial charge < -0.3 is 4.90 Å². The quantitative estimate of drug-likeness (QED) is 0.860. The predicted octanol–water partition coefficient (Wildman–Crippen LogP) is 2.50. The van der Waals surface area contributed by atoms with Crippen molar-refractivity contribution < 1.29 is 4.79 Å². The Balaban J connectivity index is 2.26. The van der Waals surface area contributed by atoms with Crippen LogP contribution in [0.1, 0.15) is 31.9 Å². The van der Waals surface area contributed by atoms with Crippen LogP contribution in [-0.4, -0.2) is 28.3 Å². The number of halogens is 1. The highest BCUT2D eigenvalue weighted by atomic mass is 79.9. The molecule has 0 amide bonds. The zero-order chi connectivity index (χ0) is 12.4. The molecular weight excluding hydrogens is 282 g/mol. The maximum absolute atomic E-state index is 11.8. The van der Waals surface area contributed by atoms with Crippen molar-refractivity contribution in [3.8, 4) is 0 Å². The van der Waals surface area contributed by atoms with Gasteiger partial charge in [-0.1, -0.05) is 6.92 Å².